The van der Waals surface area contributed by atoms with E-state index in [1.165, 1.54) is 79.6 Å². The SMILES string of the molecule is CCCCCCCCCCCc1cnc(-c2ccc(OC(=O)c3ccc(CCCC)s3)cc2)nc1. The van der Waals surface area contributed by atoms with Crippen molar-refractivity contribution in [3.8, 4) is 17.1 Å². The maximum Gasteiger partial charge on any atom is 0.353 e. The Morgan fingerprint density at radius 2 is 1.37 bits per heavy atom. The van der Waals surface area contributed by atoms with Gasteiger partial charge in [0.15, 0.2) is 5.82 Å². The van der Waals surface area contributed by atoms with Crippen molar-refractivity contribution in [2.75, 3.05) is 0 Å². The molecular weight excluding hydrogens is 452 g/mol. The number of nitrogens with zero attached hydrogens (tertiary/aromatic N) is 2. The second kappa shape index (κ2) is 15.5. The lowest BCUT2D eigenvalue weighted by atomic mass is 10.1. The van der Waals surface area contributed by atoms with Crippen molar-refractivity contribution >= 4 is 17.3 Å². The lowest BCUT2D eigenvalue weighted by molar-refractivity contribution is 0.0740. The predicted octanol–water partition coefficient (Wildman–Crippen LogP) is 8.84. The van der Waals surface area contributed by atoms with Gasteiger partial charge in [-0.05, 0) is 67.6 Å². The fourth-order valence-corrected chi connectivity index (χ4v) is 5.00. The van der Waals surface area contributed by atoms with E-state index in [-0.39, 0.29) is 5.97 Å². The van der Waals surface area contributed by atoms with Gasteiger partial charge in [-0.1, -0.05) is 71.6 Å². The molecule has 0 bridgehead atoms. The molecule has 0 aliphatic carbocycles. The number of esters is 1. The molecule has 4 nitrogen and oxygen atoms in total. The van der Waals surface area contributed by atoms with Gasteiger partial charge in [0.2, 0.25) is 0 Å². The van der Waals surface area contributed by atoms with Gasteiger partial charge in [-0.3, -0.25) is 0 Å². The highest BCUT2D eigenvalue weighted by molar-refractivity contribution is 7.13. The van der Waals surface area contributed by atoms with Crippen LogP contribution >= 0.6 is 11.3 Å². The van der Waals surface area contributed by atoms with E-state index < -0.39 is 0 Å². The number of carbonyl (C=O) groups excluding carboxylic acids is 1. The van der Waals surface area contributed by atoms with Crippen molar-refractivity contribution in [1.29, 1.82) is 0 Å². The van der Waals surface area contributed by atoms with Gasteiger partial charge < -0.3 is 4.74 Å². The van der Waals surface area contributed by atoms with E-state index in [4.69, 9.17) is 4.74 Å². The standard InChI is InChI=1S/C30H40N2O2S/c1-3-5-7-8-9-10-11-12-13-14-24-22-31-29(32-23-24)25-16-18-26(19-17-25)34-30(33)28-21-20-27(35-28)15-6-4-2/h16-23H,3-15H2,1-2H3. The van der Waals surface area contributed by atoms with Crippen LogP contribution in [0.2, 0.25) is 0 Å². The monoisotopic (exact) mass is 492 g/mol. The molecule has 188 valence electrons. The van der Waals surface area contributed by atoms with Crippen LogP contribution in [0.4, 0.5) is 0 Å². The van der Waals surface area contributed by atoms with Crippen molar-refractivity contribution in [3.05, 3.63) is 64.1 Å². The molecule has 2 heterocycles. The third-order valence-corrected chi connectivity index (χ3v) is 7.36. The van der Waals surface area contributed by atoms with E-state index in [9.17, 15) is 4.79 Å². The van der Waals surface area contributed by atoms with Gasteiger partial charge in [0, 0.05) is 22.8 Å². The minimum Gasteiger partial charge on any atom is -0.422 e. The molecule has 0 fully saturated rings. The second-order valence-corrected chi connectivity index (χ2v) is 10.4. The molecule has 35 heavy (non-hydrogen) atoms. The number of aromatic nitrogens is 2. The number of unbranched alkanes of at least 4 members (excludes halogenated alkanes) is 9. The molecule has 0 atom stereocenters. The molecule has 1 aromatic carbocycles. The van der Waals surface area contributed by atoms with Gasteiger partial charge in [-0.25, -0.2) is 14.8 Å². The molecule has 0 aliphatic rings. The molecule has 3 rings (SSSR count). The topological polar surface area (TPSA) is 52.1 Å². The highest BCUT2D eigenvalue weighted by Gasteiger charge is 2.12. The average molecular weight is 493 g/mol. The molecule has 0 spiro atoms. The molecule has 2 aromatic heterocycles. The summed E-state index contributed by atoms with van der Waals surface area (Å²) < 4.78 is 5.56. The van der Waals surface area contributed by atoms with Crippen molar-refractivity contribution < 1.29 is 9.53 Å². The maximum absolute atomic E-state index is 12.5. The first-order valence-electron chi connectivity index (χ1n) is 13.4. The van der Waals surface area contributed by atoms with Crippen LogP contribution in [0.1, 0.15) is 105 Å². The molecule has 0 amide bonds. The van der Waals surface area contributed by atoms with Crippen LogP contribution in [-0.4, -0.2) is 15.9 Å². The highest BCUT2D eigenvalue weighted by Crippen LogP contribution is 2.23. The molecular formula is C30H40N2O2S. The van der Waals surface area contributed by atoms with Gasteiger partial charge in [-0.2, -0.15) is 0 Å². The Morgan fingerprint density at radius 1 is 0.743 bits per heavy atom. The van der Waals surface area contributed by atoms with E-state index in [1.54, 1.807) is 12.1 Å². The summed E-state index contributed by atoms with van der Waals surface area (Å²) in [6.07, 6.45) is 20.2. The van der Waals surface area contributed by atoms with Crippen LogP contribution in [0.25, 0.3) is 11.4 Å². The van der Waals surface area contributed by atoms with Gasteiger partial charge in [0.05, 0.1) is 0 Å². The molecule has 5 heteroatoms. The Morgan fingerprint density at radius 3 is 2.03 bits per heavy atom. The Kier molecular flexibility index (Phi) is 12.0. The van der Waals surface area contributed by atoms with Crippen LogP contribution in [0, 0.1) is 0 Å². The Hall–Kier alpha value is -2.53. The molecule has 0 radical (unpaired) electrons. The third kappa shape index (κ3) is 9.56. The second-order valence-electron chi connectivity index (χ2n) is 9.28. The number of thiophene rings is 1. The van der Waals surface area contributed by atoms with Crippen molar-refractivity contribution in [2.45, 2.75) is 97.3 Å². The summed E-state index contributed by atoms with van der Waals surface area (Å²) in [6, 6.07) is 11.3. The lowest BCUT2D eigenvalue weighted by Gasteiger charge is -2.06. The van der Waals surface area contributed by atoms with Gasteiger partial charge in [-0.15, -0.1) is 11.3 Å². The first-order valence-corrected chi connectivity index (χ1v) is 14.2. The Balaban J connectivity index is 1.40. The number of carbonyl (C=O) groups is 1. The van der Waals surface area contributed by atoms with E-state index in [0.29, 0.717) is 16.5 Å². The lowest BCUT2D eigenvalue weighted by Crippen LogP contribution is -2.06. The summed E-state index contributed by atoms with van der Waals surface area (Å²) in [6.45, 7) is 4.44. The highest BCUT2D eigenvalue weighted by atomic mass is 32.1. The first-order chi connectivity index (χ1) is 17.2. The number of ether oxygens (including phenoxy) is 1. The Labute approximate surface area is 215 Å². The normalized spacial score (nSPS) is 11.0. The predicted molar refractivity (Wildman–Crippen MR) is 146 cm³/mol. The molecule has 0 N–H and O–H groups in total. The van der Waals surface area contributed by atoms with Crippen LogP contribution in [0.3, 0.4) is 0 Å². The number of hydrogen-bond acceptors (Lipinski definition) is 5. The molecule has 0 saturated heterocycles. The summed E-state index contributed by atoms with van der Waals surface area (Å²) in [5.74, 6) is 0.921. The number of rotatable bonds is 16. The molecule has 0 aliphatic heterocycles. The van der Waals surface area contributed by atoms with E-state index >= 15 is 0 Å². The summed E-state index contributed by atoms with van der Waals surface area (Å²) in [5.41, 5.74) is 2.11. The van der Waals surface area contributed by atoms with Crippen molar-refractivity contribution in [3.63, 3.8) is 0 Å². The van der Waals surface area contributed by atoms with E-state index in [1.807, 2.05) is 36.7 Å². The minimum atomic E-state index is -0.303. The van der Waals surface area contributed by atoms with E-state index in [2.05, 4.69) is 23.8 Å². The zero-order valence-corrected chi connectivity index (χ0v) is 22.2. The quantitative estimate of drug-likeness (QED) is 0.114. The zero-order chi connectivity index (χ0) is 24.7. The van der Waals surface area contributed by atoms with Crippen LogP contribution in [0.5, 0.6) is 5.75 Å². The minimum absolute atomic E-state index is 0.303. The average Bonchev–Trinajstić information content (AvgIpc) is 3.37. The number of benzene rings is 1. The van der Waals surface area contributed by atoms with Gasteiger partial charge in [0.25, 0.3) is 0 Å². The fourth-order valence-electron chi connectivity index (χ4n) is 4.08. The first kappa shape index (κ1) is 27.1. The largest absolute Gasteiger partial charge is 0.422 e. The molecule has 0 saturated carbocycles. The maximum atomic E-state index is 12.5. The summed E-state index contributed by atoms with van der Waals surface area (Å²) in [5, 5.41) is 0. The molecule has 0 unspecified atom stereocenters. The summed E-state index contributed by atoms with van der Waals surface area (Å²) in [7, 11) is 0. The Bertz CT molecular complexity index is 996. The molecule has 3 aromatic rings. The van der Waals surface area contributed by atoms with Gasteiger partial charge in [0.1, 0.15) is 10.6 Å². The zero-order valence-electron chi connectivity index (χ0n) is 21.4. The van der Waals surface area contributed by atoms with Crippen molar-refractivity contribution in [2.24, 2.45) is 0 Å². The summed E-state index contributed by atoms with van der Waals surface area (Å²) in [4.78, 5) is 23.4. The van der Waals surface area contributed by atoms with Crippen LogP contribution in [-0.2, 0) is 12.8 Å². The van der Waals surface area contributed by atoms with Crippen molar-refractivity contribution in [1.82, 2.24) is 9.97 Å². The summed E-state index contributed by atoms with van der Waals surface area (Å²) >= 11 is 1.52. The van der Waals surface area contributed by atoms with Gasteiger partial charge >= 0.3 is 5.97 Å². The fraction of sp³-hybridized carbons (Fsp3) is 0.500. The third-order valence-electron chi connectivity index (χ3n) is 6.24. The van der Waals surface area contributed by atoms with Crippen LogP contribution < -0.4 is 4.74 Å². The van der Waals surface area contributed by atoms with Crippen LogP contribution in [0.15, 0.2) is 48.8 Å². The van der Waals surface area contributed by atoms with E-state index in [0.717, 1.165) is 31.2 Å². The number of aryl methyl sites for hydroxylation is 2. The smallest absolute Gasteiger partial charge is 0.353 e. The number of hydrogen-bond donors (Lipinski definition) is 0.